The average Bonchev–Trinajstić information content (AvgIpc) is 2.46. The van der Waals surface area contributed by atoms with Crippen molar-refractivity contribution in [2.75, 3.05) is 0 Å². The average molecular weight is 250 g/mol. The minimum absolute atomic E-state index is 0.150. The van der Waals surface area contributed by atoms with Crippen molar-refractivity contribution in [1.82, 2.24) is 0 Å². The van der Waals surface area contributed by atoms with E-state index in [1.54, 1.807) is 0 Å². The lowest BCUT2D eigenvalue weighted by Gasteiger charge is -2.23. The summed E-state index contributed by atoms with van der Waals surface area (Å²) in [4.78, 5) is 12.6. The van der Waals surface area contributed by atoms with Crippen molar-refractivity contribution in [2.45, 2.75) is 26.2 Å². The highest BCUT2D eigenvalue weighted by molar-refractivity contribution is 5.98. The molecule has 1 heteroatoms. The molecule has 1 unspecified atom stereocenters. The number of Topliss-reactive ketones (excluding diaryl/α,β-unsaturated/α-hetero) is 1. The molecule has 2 aromatic rings. The van der Waals surface area contributed by atoms with Gasteiger partial charge in [0.05, 0.1) is 0 Å². The molecule has 3 rings (SSSR count). The predicted molar refractivity (Wildman–Crippen MR) is 77.5 cm³/mol. The van der Waals surface area contributed by atoms with Crippen LogP contribution in [0.2, 0.25) is 0 Å². The number of carbonyl (C=O) groups excluding carboxylic acids is 1. The molecule has 1 aliphatic rings. The minimum atomic E-state index is 0.150. The number of rotatable bonds is 2. The van der Waals surface area contributed by atoms with Crippen LogP contribution in [0.1, 0.15) is 33.5 Å². The number of hydrogen-bond acceptors (Lipinski definition) is 1. The predicted octanol–water partition coefficient (Wildman–Crippen LogP) is 3.98. The number of carbonyl (C=O) groups is 1. The smallest absolute Gasteiger partial charge is 0.166 e. The largest absolute Gasteiger partial charge is 0.294 e. The Balaban J connectivity index is 1.83. The fourth-order valence-electron chi connectivity index (χ4n) is 2.96. The molecule has 0 saturated carbocycles. The zero-order valence-corrected chi connectivity index (χ0v) is 11.2. The molecule has 0 aromatic heterocycles. The monoisotopic (exact) mass is 250 g/mol. The van der Waals surface area contributed by atoms with Crippen LogP contribution in [0, 0.1) is 12.8 Å². The first kappa shape index (κ1) is 12.2. The van der Waals surface area contributed by atoms with Crippen molar-refractivity contribution in [2.24, 2.45) is 5.92 Å². The SMILES string of the molecule is Cc1cccc(C(=O)C2CCc3ccccc3C2)c1. The first-order valence-corrected chi connectivity index (χ1v) is 6.92. The summed E-state index contributed by atoms with van der Waals surface area (Å²) in [5, 5.41) is 0. The molecule has 0 spiro atoms. The van der Waals surface area contributed by atoms with Gasteiger partial charge in [0, 0.05) is 11.5 Å². The van der Waals surface area contributed by atoms with Crippen LogP contribution in [0.3, 0.4) is 0 Å². The molecule has 0 heterocycles. The molecule has 1 atom stereocenters. The third-order valence-corrected chi connectivity index (χ3v) is 4.02. The zero-order chi connectivity index (χ0) is 13.2. The van der Waals surface area contributed by atoms with Crippen LogP contribution in [0.5, 0.6) is 0 Å². The second-order valence-corrected chi connectivity index (χ2v) is 5.44. The van der Waals surface area contributed by atoms with Crippen molar-refractivity contribution in [3.8, 4) is 0 Å². The molecule has 0 saturated heterocycles. The molecule has 0 bridgehead atoms. The summed E-state index contributed by atoms with van der Waals surface area (Å²) in [5.74, 6) is 0.454. The van der Waals surface area contributed by atoms with Gasteiger partial charge in [0.25, 0.3) is 0 Å². The molecule has 19 heavy (non-hydrogen) atoms. The van der Waals surface area contributed by atoms with Crippen LogP contribution >= 0.6 is 0 Å². The first-order valence-electron chi connectivity index (χ1n) is 6.92. The summed E-state index contributed by atoms with van der Waals surface area (Å²) in [5.41, 5.74) is 4.78. The van der Waals surface area contributed by atoms with Crippen molar-refractivity contribution < 1.29 is 4.79 Å². The summed E-state index contributed by atoms with van der Waals surface area (Å²) < 4.78 is 0. The van der Waals surface area contributed by atoms with E-state index in [2.05, 4.69) is 24.3 Å². The highest BCUT2D eigenvalue weighted by atomic mass is 16.1. The summed E-state index contributed by atoms with van der Waals surface area (Å²) in [6, 6.07) is 16.4. The maximum atomic E-state index is 12.6. The van der Waals surface area contributed by atoms with Gasteiger partial charge in [-0.3, -0.25) is 4.79 Å². The maximum Gasteiger partial charge on any atom is 0.166 e. The Kier molecular flexibility index (Phi) is 3.20. The van der Waals surface area contributed by atoms with E-state index < -0.39 is 0 Å². The van der Waals surface area contributed by atoms with Crippen molar-refractivity contribution in [1.29, 1.82) is 0 Å². The lowest BCUT2D eigenvalue weighted by molar-refractivity contribution is 0.0908. The molecule has 0 radical (unpaired) electrons. The normalized spacial score (nSPS) is 17.8. The third kappa shape index (κ3) is 2.46. The molecule has 1 aliphatic carbocycles. The molecular formula is C18H18O. The molecule has 96 valence electrons. The number of hydrogen-bond donors (Lipinski definition) is 0. The van der Waals surface area contributed by atoms with Crippen LogP contribution in [0.25, 0.3) is 0 Å². The number of aryl methyl sites for hydroxylation is 2. The summed E-state index contributed by atoms with van der Waals surface area (Å²) >= 11 is 0. The van der Waals surface area contributed by atoms with Gasteiger partial charge >= 0.3 is 0 Å². The minimum Gasteiger partial charge on any atom is -0.294 e. The first-order chi connectivity index (χ1) is 9.24. The molecule has 0 amide bonds. The zero-order valence-electron chi connectivity index (χ0n) is 11.2. The van der Waals surface area contributed by atoms with E-state index in [1.165, 1.54) is 11.1 Å². The third-order valence-electron chi connectivity index (χ3n) is 4.02. The lowest BCUT2D eigenvalue weighted by atomic mass is 9.80. The van der Waals surface area contributed by atoms with E-state index in [0.29, 0.717) is 5.78 Å². The van der Waals surface area contributed by atoms with Gasteiger partial charge in [-0.2, -0.15) is 0 Å². The highest BCUT2D eigenvalue weighted by Crippen LogP contribution is 2.28. The Bertz CT molecular complexity index is 613. The van der Waals surface area contributed by atoms with Crippen LogP contribution in [0.4, 0.5) is 0 Å². The van der Waals surface area contributed by atoms with E-state index in [9.17, 15) is 4.79 Å². The van der Waals surface area contributed by atoms with Crippen LogP contribution in [0.15, 0.2) is 48.5 Å². The van der Waals surface area contributed by atoms with Crippen LogP contribution < -0.4 is 0 Å². The van der Waals surface area contributed by atoms with Crippen molar-refractivity contribution >= 4 is 5.78 Å². The van der Waals surface area contributed by atoms with Gasteiger partial charge < -0.3 is 0 Å². The van der Waals surface area contributed by atoms with Crippen molar-refractivity contribution in [3.63, 3.8) is 0 Å². The highest BCUT2D eigenvalue weighted by Gasteiger charge is 2.25. The number of benzene rings is 2. The van der Waals surface area contributed by atoms with Gasteiger partial charge in [-0.15, -0.1) is 0 Å². The summed E-state index contributed by atoms with van der Waals surface area (Å²) in [6.07, 6.45) is 2.89. The van der Waals surface area contributed by atoms with E-state index in [1.807, 2.05) is 31.2 Å². The summed E-state index contributed by atoms with van der Waals surface area (Å²) in [6.45, 7) is 2.03. The maximum absolute atomic E-state index is 12.6. The second-order valence-electron chi connectivity index (χ2n) is 5.44. The Morgan fingerprint density at radius 2 is 1.84 bits per heavy atom. The van der Waals surface area contributed by atoms with Crippen LogP contribution in [-0.4, -0.2) is 5.78 Å². The van der Waals surface area contributed by atoms with Gasteiger partial charge in [0.1, 0.15) is 0 Å². The summed E-state index contributed by atoms with van der Waals surface area (Å²) in [7, 11) is 0. The van der Waals surface area contributed by atoms with E-state index in [4.69, 9.17) is 0 Å². The Hall–Kier alpha value is -1.89. The second kappa shape index (κ2) is 5.00. The van der Waals surface area contributed by atoms with Gasteiger partial charge in [-0.1, -0.05) is 48.0 Å². The van der Waals surface area contributed by atoms with E-state index in [0.717, 1.165) is 30.4 Å². The lowest BCUT2D eigenvalue weighted by Crippen LogP contribution is -2.22. The molecular weight excluding hydrogens is 232 g/mol. The number of fused-ring (bicyclic) bond motifs is 1. The number of ketones is 1. The molecule has 0 aliphatic heterocycles. The fraction of sp³-hybridized carbons (Fsp3) is 0.278. The molecule has 0 N–H and O–H groups in total. The van der Waals surface area contributed by atoms with Gasteiger partial charge in [-0.05, 0) is 43.4 Å². The Morgan fingerprint density at radius 1 is 1.05 bits per heavy atom. The standard InChI is InChI=1S/C18H18O/c1-13-5-4-8-16(11-13)18(19)17-10-9-14-6-2-3-7-15(14)12-17/h2-8,11,17H,9-10,12H2,1H3. The topological polar surface area (TPSA) is 17.1 Å². The van der Waals surface area contributed by atoms with E-state index in [-0.39, 0.29) is 5.92 Å². The van der Waals surface area contributed by atoms with Gasteiger partial charge in [0.15, 0.2) is 5.78 Å². The Labute approximate surface area is 114 Å². The fourth-order valence-corrected chi connectivity index (χ4v) is 2.96. The quantitative estimate of drug-likeness (QED) is 0.737. The van der Waals surface area contributed by atoms with E-state index >= 15 is 0 Å². The Morgan fingerprint density at radius 3 is 2.63 bits per heavy atom. The van der Waals surface area contributed by atoms with Crippen LogP contribution in [-0.2, 0) is 12.8 Å². The molecule has 2 aromatic carbocycles. The van der Waals surface area contributed by atoms with Crippen molar-refractivity contribution in [3.05, 3.63) is 70.8 Å². The van der Waals surface area contributed by atoms with Gasteiger partial charge in [-0.25, -0.2) is 0 Å². The molecule has 0 fully saturated rings. The van der Waals surface area contributed by atoms with Gasteiger partial charge in [0.2, 0.25) is 0 Å². The molecule has 1 nitrogen and oxygen atoms in total.